The molecule has 3 aromatic rings. The summed E-state index contributed by atoms with van der Waals surface area (Å²) in [6.07, 6.45) is 3.24. The molecule has 176 valence electrons. The Morgan fingerprint density at radius 3 is 2.35 bits per heavy atom. The number of aryl methyl sites for hydroxylation is 1. The summed E-state index contributed by atoms with van der Waals surface area (Å²) < 4.78 is 0. The van der Waals surface area contributed by atoms with Crippen LogP contribution >= 0.6 is 0 Å². The summed E-state index contributed by atoms with van der Waals surface area (Å²) in [5.74, 6) is 0. The summed E-state index contributed by atoms with van der Waals surface area (Å²) in [6, 6.07) is 26.2. The third-order valence-electron chi connectivity index (χ3n) is 5.78. The van der Waals surface area contributed by atoms with Crippen molar-refractivity contribution < 1.29 is 9.59 Å². The summed E-state index contributed by atoms with van der Waals surface area (Å²) >= 11 is 0. The maximum atomic E-state index is 11.8. The van der Waals surface area contributed by atoms with Crippen LogP contribution in [0.1, 0.15) is 35.6 Å². The van der Waals surface area contributed by atoms with Crippen LogP contribution in [0.25, 0.3) is 0 Å². The SMILES string of the molecule is Cc1ccccc1/C(=N\NC=O)c1ccc(N(C=O)CCC(C)NCCc2ccccc2)cc1. The molecule has 0 heterocycles. The summed E-state index contributed by atoms with van der Waals surface area (Å²) in [5.41, 5.74) is 8.07. The Hall–Kier alpha value is -3.77. The quantitative estimate of drug-likeness (QED) is 0.231. The molecule has 1 atom stereocenters. The Balaban J connectivity index is 1.60. The fourth-order valence-corrected chi connectivity index (χ4v) is 3.81. The van der Waals surface area contributed by atoms with Crippen LogP contribution in [0.4, 0.5) is 5.69 Å². The van der Waals surface area contributed by atoms with Crippen LogP contribution in [0.3, 0.4) is 0 Å². The van der Waals surface area contributed by atoms with E-state index in [4.69, 9.17) is 0 Å². The molecular weight excluding hydrogens is 424 g/mol. The molecule has 0 aliphatic heterocycles. The maximum Gasteiger partial charge on any atom is 0.227 e. The molecule has 2 N–H and O–H groups in total. The predicted octanol–water partition coefficient (Wildman–Crippen LogP) is 4.07. The average Bonchev–Trinajstić information content (AvgIpc) is 2.87. The van der Waals surface area contributed by atoms with Gasteiger partial charge in [0.1, 0.15) is 0 Å². The summed E-state index contributed by atoms with van der Waals surface area (Å²) in [5, 5.41) is 7.79. The smallest absolute Gasteiger partial charge is 0.227 e. The van der Waals surface area contributed by atoms with E-state index >= 15 is 0 Å². The van der Waals surface area contributed by atoms with Crippen molar-refractivity contribution in [2.75, 3.05) is 18.0 Å². The van der Waals surface area contributed by atoms with Crippen LogP contribution in [0.2, 0.25) is 0 Å². The van der Waals surface area contributed by atoms with Gasteiger partial charge < -0.3 is 10.2 Å². The monoisotopic (exact) mass is 456 g/mol. The third kappa shape index (κ3) is 7.12. The van der Waals surface area contributed by atoms with Gasteiger partial charge in [-0.1, -0.05) is 66.7 Å². The van der Waals surface area contributed by atoms with Crippen molar-refractivity contribution in [3.63, 3.8) is 0 Å². The molecule has 0 aliphatic carbocycles. The Bertz CT molecular complexity index is 1080. The minimum Gasteiger partial charge on any atom is -0.315 e. The molecule has 3 aromatic carbocycles. The number of carbonyl (C=O) groups is 2. The third-order valence-corrected chi connectivity index (χ3v) is 5.78. The Labute approximate surface area is 201 Å². The minimum atomic E-state index is 0.291. The number of anilines is 1. The van der Waals surface area contributed by atoms with E-state index in [0.29, 0.717) is 24.7 Å². The highest BCUT2D eigenvalue weighted by molar-refractivity contribution is 6.13. The van der Waals surface area contributed by atoms with Crippen molar-refractivity contribution in [1.82, 2.24) is 10.7 Å². The summed E-state index contributed by atoms with van der Waals surface area (Å²) in [4.78, 5) is 24.3. The molecule has 0 spiro atoms. The van der Waals surface area contributed by atoms with Gasteiger partial charge in [-0.25, -0.2) is 5.43 Å². The van der Waals surface area contributed by atoms with Crippen molar-refractivity contribution >= 4 is 24.2 Å². The van der Waals surface area contributed by atoms with Crippen LogP contribution in [0, 0.1) is 6.92 Å². The van der Waals surface area contributed by atoms with Gasteiger partial charge in [0.15, 0.2) is 0 Å². The summed E-state index contributed by atoms with van der Waals surface area (Å²) in [6.45, 7) is 5.66. The van der Waals surface area contributed by atoms with Gasteiger partial charge in [-0.2, -0.15) is 5.10 Å². The molecule has 6 nitrogen and oxygen atoms in total. The molecule has 0 aromatic heterocycles. The Morgan fingerprint density at radius 2 is 1.68 bits per heavy atom. The second-order valence-corrected chi connectivity index (χ2v) is 8.25. The zero-order chi connectivity index (χ0) is 24.2. The molecule has 0 bridgehead atoms. The molecule has 0 fully saturated rings. The van der Waals surface area contributed by atoms with Crippen LogP contribution in [-0.2, 0) is 16.0 Å². The van der Waals surface area contributed by atoms with E-state index < -0.39 is 0 Å². The zero-order valence-electron chi connectivity index (χ0n) is 19.8. The molecule has 34 heavy (non-hydrogen) atoms. The molecule has 1 unspecified atom stereocenters. The number of hydrogen-bond acceptors (Lipinski definition) is 4. The van der Waals surface area contributed by atoms with E-state index in [-0.39, 0.29) is 0 Å². The van der Waals surface area contributed by atoms with Crippen molar-refractivity contribution in [1.29, 1.82) is 0 Å². The van der Waals surface area contributed by atoms with Gasteiger partial charge in [0.25, 0.3) is 0 Å². The number of hydrazone groups is 1. The van der Waals surface area contributed by atoms with Crippen molar-refractivity contribution in [2.24, 2.45) is 5.10 Å². The highest BCUT2D eigenvalue weighted by Crippen LogP contribution is 2.19. The summed E-state index contributed by atoms with van der Waals surface area (Å²) in [7, 11) is 0. The van der Waals surface area contributed by atoms with Crippen LogP contribution < -0.4 is 15.6 Å². The van der Waals surface area contributed by atoms with Crippen LogP contribution in [-0.4, -0.2) is 37.7 Å². The van der Waals surface area contributed by atoms with Crippen molar-refractivity contribution in [3.8, 4) is 0 Å². The fraction of sp³-hybridized carbons (Fsp3) is 0.250. The van der Waals surface area contributed by atoms with Crippen molar-refractivity contribution in [3.05, 3.63) is 101 Å². The van der Waals surface area contributed by atoms with Gasteiger partial charge in [0.05, 0.1) is 5.71 Å². The molecule has 0 radical (unpaired) electrons. The lowest BCUT2D eigenvalue weighted by Gasteiger charge is -2.21. The topological polar surface area (TPSA) is 73.8 Å². The second-order valence-electron chi connectivity index (χ2n) is 8.25. The minimum absolute atomic E-state index is 0.291. The molecule has 0 aliphatic rings. The van der Waals surface area contributed by atoms with Gasteiger partial charge in [0.2, 0.25) is 12.8 Å². The van der Waals surface area contributed by atoms with Crippen LogP contribution in [0.15, 0.2) is 84.0 Å². The van der Waals surface area contributed by atoms with Gasteiger partial charge in [-0.3, -0.25) is 9.59 Å². The number of hydrogen-bond donors (Lipinski definition) is 2. The molecule has 0 saturated heterocycles. The molecule has 6 heteroatoms. The Kier molecular flexibility index (Phi) is 9.55. The van der Waals surface area contributed by atoms with Gasteiger partial charge >= 0.3 is 0 Å². The number of carbonyl (C=O) groups excluding carboxylic acids is 2. The predicted molar refractivity (Wildman–Crippen MR) is 138 cm³/mol. The second kappa shape index (κ2) is 13.1. The van der Waals surface area contributed by atoms with E-state index in [1.807, 2.05) is 61.5 Å². The number of amides is 2. The standard InChI is InChI=1S/C28H32N4O2/c1-22-8-6-7-11-27(22)28(31-30-20-33)25-12-14-26(15-13-25)32(21-34)19-17-23(2)29-18-16-24-9-4-3-5-10-24/h3-15,20-21,23,29H,16-19H2,1-2H3,(H,30,33)/b31-28-. The first-order chi connectivity index (χ1) is 16.6. The van der Waals surface area contributed by atoms with E-state index in [0.717, 1.165) is 48.2 Å². The van der Waals surface area contributed by atoms with Gasteiger partial charge in [-0.15, -0.1) is 0 Å². The number of nitrogens with one attached hydrogen (secondary N) is 2. The first-order valence-corrected chi connectivity index (χ1v) is 11.5. The van der Waals surface area contributed by atoms with E-state index in [1.54, 1.807) is 4.90 Å². The largest absolute Gasteiger partial charge is 0.315 e. The zero-order valence-corrected chi connectivity index (χ0v) is 19.8. The lowest BCUT2D eigenvalue weighted by atomic mass is 9.98. The molecular formula is C28H32N4O2. The van der Waals surface area contributed by atoms with Crippen LogP contribution in [0.5, 0.6) is 0 Å². The molecule has 3 rings (SSSR count). The van der Waals surface area contributed by atoms with Crippen molar-refractivity contribution in [2.45, 2.75) is 32.7 Å². The first kappa shape index (κ1) is 24.9. The molecule has 0 saturated carbocycles. The van der Waals surface area contributed by atoms with E-state index in [9.17, 15) is 9.59 Å². The number of benzene rings is 3. The van der Waals surface area contributed by atoms with E-state index in [1.165, 1.54) is 5.56 Å². The van der Waals surface area contributed by atoms with Gasteiger partial charge in [-0.05, 0) is 56.5 Å². The Morgan fingerprint density at radius 1 is 0.971 bits per heavy atom. The fourth-order valence-electron chi connectivity index (χ4n) is 3.81. The lowest BCUT2D eigenvalue weighted by molar-refractivity contribution is -0.109. The highest BCUT2D eigenvalue weighted by Gasteiger charge is 2.12. The normalized spacial score (nSPS) is 12.1. The highest BCUT2D eigenvalue weighted by atomic mass is 16.1. The lowest BCUT2D eigenvalue weighted by Crippen LogP contribution is -2.33. The first-order valence-electron chi connectivity index (χ1n) is 11.5. The van der Waals surface area contributed by atoms with Gasteiger partial charge in [0, 0.05) is 29.4 Å². The maximum absolute atomic E-state index is 11.8. The number of rotatable bonds is 13. The average molecular weight is 457 g/mol. The van der Waals surface area contributed by atoms with E-state index in [2.05, 4.69) is 47.0 Å². The number of nitrogens with zero attached hydrogens (tertiary/aromatic N) is 2. The molecule has 2 amide bonds.